The monoisotopic (exact) mass is 491 g/mol. The summed E-state index contributed by atoms with van der Waals surface area (Å²) >= 11 is 0. The molecule has 0 saturated carbocycles. The smallest absolute Gasteiger partial charge is 0.433 e. The van der Waals surface area contributed by atoms with Crippen LogP contribution in [0.2, 0.25) is 0 Å². The lowest BCUT2D eigenvalue weighted by Crippen LogP contribution is -2.46. The predicted molar refractivity (Wildman–Crippen MR) is 128 cm³/mol. The zero-order chi connectivity index (χ0) is 26.0. The van der Waals surface area contributed by atoms with E-state index >= 15 is 0 Å². The molecule has 192 valence electrons. The Hall–Kier alpha value is -3.87. The van der Waals surface area contributed by atoms with Crippen LogP contribution in [0.5, 0.6) is 0 Å². The van der Waals surface area contributed by atoms with E-state index in [0.29, 0.717) is 30.8 Å². The first-order chi connectivity index (χ1) is 16.6. The first-order valence-corrected chi connectivity index (χ1v) is 11.2. The van der Waals surface area contributed by atoms with Gasteiger partial charge in [0.1, 0.15) is 6.04 Å². The van der Waals surface area contributed by atoms with Crippen molar-refractivity contribution in [3.05, 3.63) is 29.8 Å². The maximum Gasteiger partial charge on any atom is 0.433 e. The average molecular weight is 492 g/mol. The maximum absolute atomic E-state index is 12.7. The third kappa shape index (κ3) is 8.77. The van der Waals surface area contributed by atoms with Crippen molar-refractivity contribution in [2.45, 2.75) is 25.3 Å². The standard InChI is InChI=1S/C22H33N7O6/c1-27(2)12-4-13-28(3)22(34)35-26-19(23)15-5-7-16(8-6-15)29-14-10-17(20(29)32)25-21(33)24-11-9-18(30)31/h5-8,17H,4,9-14H2,1-3H3,(H2,23,26)(H,30,31)(H2,24,25,33)/t17-/m0/s1. The number of carbonyl (C=O) groups excluding carboxylic acids is 3. The SMILES string of the molecule is CN(C)CCCN(C)C(=O)ONC(=N)c1ccc(N2CC[C@H](NC(=O)NCCC(=O)O)C2=O)cc1. The normalized spacial score (nSPS) is 15.0. The number of benzene rings is 1. The lowest BCUT2D eigenvalue weighted by molar-refractivity contribution is -0.136. The molecular formula is C22H33N7O6. The molecule has 5 N–H and O–H groups in total. The molecule has 1 fully saturated rings. The topological polar surface area (TPSA) is 167 Å². The summed E-state index contributed by atoms with van der Waals surface area (Å²) in [6.07, 6.45) is 0.389. The Morgan fingerprint density at radius 1 is 1.17 bits per heavy atom. The molecule has 0 radical (unpaired) electrons. The van der Waals surface area contributed by atoms with Gasteiger partial charge in [0.2, 0.25) is 5.91 Å². The van der Waals surface area contributed by atoms with Crippen LogP contribution in [0.4, 0.5) is 15.3 Å². The second-order valence-electron chi connectivity index (χ2n) is 8.35. The fourth-order valence-corrected chi connectivity index (χ4v) is 3.32. The largest absolute Gasteiger partial charge is 0.481 e. The van der Waals surface area contributed by atoms with E-state index in [0.717, 1.165) is 13.0 Å². The van der Waals surface area contributed by atoms with Gasteiger partial charge in [-0.3, -0.25) is 15.0 Å². The number of carboxylic acid groups (broad SMARTS) is 1. The van der Waals surface area contributed by atoms with Crippen LogP contribution in [0, 0.1) is 5.41 Å². The van der Waals surface area contributed by atoms with E-state index in [4.69, 9.17) is 15.4 Å². The lowest BCUT2D eigenvalue weighted by Gasteiger charge is -2.19. The first kappa shape index (κ1) is 27.4. The van der Waals surface area contributed by atoms with Gasteiger partial charge >= 0.3 is 18.1 Å². The van der Waals surface area contributed by atoms with E-state index in [1.54, 1.807) is 31.3 Å². The van der Waals surface area contributed by atoms with Crippen molar-refractivity contribution in [1.29, 1.82) is 5.41 Å². The Labute approximate surface area is 203 Å². The Kier molecular flexibility index (Phi) is 10.3. The molecule has 13 nitrogen and oxygen atoms in total. The van der Waals surface area contributed by atoms with E-state index in [1.807, 2.05) is 19.0 Å². The lowest BCUT2D eigenvalue weighted by atomic mass is 10.2. The Balaban J connectivity index is 1.81. The number of urea groups is 1. The highest BCUT2D eigenvalue weighted by atomic mass is 16.7. The molecular weight excluding hydrogens is 458 g/mol. The molecule has 1 atom stereocenters. The fourth-order valence-electron chi connectivity index (χ4n) is 3.32. The van der Waals surface area contributed by atoms with Crippen LogP contribution >= 0.6 is 0 Å². The van der Waals surface area contributed by atoms with Crippen molar-refractivity contribution in [3.8, 4) is 0 Å². The number of anilines is 1. The Morgan fingerprint density at radius 2 is 1.86 bits per heavy atom. The van der Waals surface area contributed by atoms with Crippen LogP contribution in [0.15, 0.2) is 24.3 Å². The minimum absolute atomic E-state index is 0.0324. The van der Waals surface area contributed by atoms with Gasteiger partial charge in [-0.15, -0.1) is 0 Å². The molecule has 35 heavy (non-hydrogen) atoms. The molecule has 0 aliphatic carbocycles. The second-order valence-corrected chi connectivity index (χ2v) is 8.35. The number of hydroxylamine groups is 1. The number of nitrogens with one attached hydrogen (secondary N) is 4. The number of hydrogen-bond donors (Lipinski definition) is 5. The van der Waals surface area contributed by atoms with Crippen molar-refractivity contribution in [2.75, 3.05) is 52.2 Å². The molecule has 1 aromatic carbocycles. The summed E-state index contributed by atoms with van der Waals surface area (Å²) in [5.74, 6) is -1.43. The predicted octanol–water partition coefficient (Wildman–Crippen LogP) is 0.416. The van der Waals surface area contributed by atoms with Gasteiger partial charge in [-0.25, -0.2) is 9.59 Å². The van der Waals surface area contributed by atoms with E-state index < -0.39 is 24.1 Å². The molecule has 1 aromatic rings. The molecule has 0 spiro atoms. The average Bonchev–Trinajstić information content (AvgIpc) is 3.16. The van der Waals surface area contributed by atoms with Gasteiger partial charge in [-0.2, -0.15) is 5.48 Å². The number of amides is 4. The summed E-state index contributed by atoms with van der Waals surface area (Å²) in [5.41, 5.74) is 3.39. The van der Waals surface area contributed by atoms with Gasteiger partial charge < -0.3 is 35.3 Å². The van der Waals surface area contributed by atoms with Gasteiger partial charge in [0.05, 0.1) is 6.42 Å². The fraction of sp³-hybridized carbons (Fsp3) is 0.500. The number of hydrogen-bond acceptors (Lipinski definition) is 7. The van der Waals surface area contributed by atoms with Crippen LogP contribution in [-0.2, 0) is 14.4 Å². The summed E-state index contributed by atoms with van der Waals surface area (Å²) in [4.78, 5) is 57.0. The van der Waals surface area contributed by atoms with Gasteiger partial charge in [0, 0.05) is 37.9 Å². The molecule has 0 aromatic heterocycles. The molecule has 1 saturated heterocycles. The Bertz CT molecular complexity index is 921. The number of amidine groups is 1. The van der Waals surface area contributed by atoms with Crippen LogP contribution in [0.1, 0.15) is 24.8 Å². The van der Waals surface area contributed by atoms with Crippen LogP contribution in [0.3, 0.4) is 0 Å². The minimum Gasteiger partial charge on any atom is -0.481 e. The first-order valence-electron chi connectivity index (χ1n) is 11.2. The number of carbonyl (C=O) groups is 4. The molecule has 1 aliphatic heterocycles. The molecule has 1 aliphatic rings. The summed E-state index contributed by atoms with van der Waals surface area (Å²) in [6, 6.07) is 5.24. The minimum atomic E-state index is -1.03. The van der Waals surface area contributed by atoms with Crippen molar-refractivity contribution in [3.63, 3.8) is 0 Å². The van der Waals surface area contributed by atoms with Crippen LogP contribution in [0.25, 0.3) is 0 Å². The van der Waals surface area contributed by atoms with Gasteiger partial charge in [-0.05, 0) is 57.7 Å². The molecule has 0 bridgehead atoms. The third-order valence-corrected chi connectivity index (χ3v) is 5.25. The Morgan fingerprint density at radius 3 is 2.49 bits per heavy atom. The molecule has 1 heterocycles. The molecule has 4 amide bonds. The van der Waals surface area contributed by atoms with E-state index in [-0.39, 0.29) is 24.7 Å². The number of nitrogens with zero attached hydrogens (tertiary/aromatic N) is 3. The zero-order valence-corrected chi connectivity index (χ0v) is 20.2. The van der Waals surface area contributed by atoms with Crippen molar-refractivity contribution in [1.82, 2.24) is 25.9 Å². The zero-order valence-electron chi connectivity index (χ0n) is 20.2. The third-order valence-electron chi connectivity index (χ3n) is 5.25. The quantitative estimate of drug-likeness (QED) is 0.178. The highest BCUT2D eigenvalue weighted by molar-refractivity contribution is 6.02. The van der Waals surface area contributed by atoms with Crippen molar-refractivity contribution in [2.24, 2.45) is 0 Å². The summed E-state index contributed by atoms with van der Waals surface area (Å²) in [7, 11) is 5.52. The van der Waals surface area contributed by atoms with Crippen molar-refractivity contribution < 1.29 is 29.1 Å². The highest BCUT2D eigenvalue weighted by Gasteiger charge is 2.33. The molecule has 2 rings (SSSR count). The van der Waals surface area contributed by atoms with Gasteiger partial charge in [0.15, 0.2) is 5.84 Å². The van der Waals surface area contributed by atoms with E-state index in [1.165, 1.54) is 9.80 Å². The van der Waals surface area contributed by atoms with E-state index in [2.05, 4.69) is 16.1 Å². The number of carboxylic acids is 1. The highest BCUT2D eigenvalue weighted by Crippen LogP contribution is 2.22. The van der Waals surface area contributed by atoms with Crippen LogP contribution < -0.4 is 21.0 Å². The molecule has 0 unspecified atom stereocenters. The van der Waals surface area contributed by atoms with Gasteiger partial charge in [-0.1, -0.05) is 0 Å². The summed E-state index contributed by atoms with van der Waals surface area (Å²) < 4.78 is 0. The second kappa shape index (κ2) is 13.1. The molecule has 13 heteroatoms. The van der Waals surface area contributed by atoms with Gasteiger partial charge in [0.25, 0.3) is 0 Å². The number of aliphatic carboxylic acids is 1. The van der Waals surface area contributed by atoms with Crippen LogP contribution in [-0.4, -0.2) is 98.1 Å². The maximum atomic E-state index is 12.7. The number of rotatable bonds is 10. The summed E-state index contributed by atoms with van der Waals surface area (Å²) in [5, 5.41) is 21.7. The van der Waals surface area contributed by atoms with E-state index in [9.17, 15) is 19.2 Å². The van der Waals surface area contributed by atoms with Crippen molar-refractivity contribution >= 4 is 35.5 Å². The summed E-state index contributed by atoms with van der Waals surface area (Å²) in [6.45, 7) is 1.72.